The number of benzene rings is 1. The van der Waals surface area contributed by atoms with E-state index in [0.717, 1.165) is 18.4 Å². The van der Waals surface area contributed by atoms with Gasteiger partial charge in [-0.25, -0.2) is 4.39 Å². The number of alkyl halides is 1. The zero-order chi connectivity index (χ0) is 12.5. The highest BCUT2D eigenvalue weighted by Gasteiger charge is 2.41. The van der Waals surface area contributed by atoms with Crippen molar-refractivity contribution in [2.75, 3.05) is 12.4 Å². The number of hydrogen-bond acceptors (Lipinski definition) is 1. The van der Waals surface area contributed by atoms with Gasteiger partial charge in [-0.15, -0.1) is 11.6 Å². The third-order valence-corrected chi connectivity index (χ3v) is 3.88. The molecule has 1 aliphatic carbocycles. The summed E-state index contributed by atoms with van der Waals surface area (Å²) in [6.45, 7) is 2.37. The van der Waals surface area contributed by atoms with E-state index < -0.39 is 0 Å². The van der Waals surface area contributed by atoms with E-state index in [9.17, 15) is 9.18 Å². The summed E-state index contributed by atoms with van der Waals surface area (Å²) in [6.07, 6.45) is 2.11. The molecule has 0 saturated heterocycles. The number of amides is 1. The fourth-order valence-electron chi connectivity index (χ4n) is 1.74. The van der Waals surface area contributed by atoms with Gasteiger partial charge in [0, 0.05) is 23.4 Å². The van der Waals surface area contributed by atoms with Crippen LogP contribution in [0.3, 0.4) is 0 Å². The Morgan fingerprint density at radius 3 is 2.82 bits per heavy atom. The monoisotopic (exact) mass is 255 g/mol. The standard InChI is InChI=1S/C13H15ClFNO/c1-9-2-3-10(15)6-11(9)12(17)16-8-13(7-14)4-5-13/h2-3,6H,4-5,7-8H2,1H3,(H,16,17). The first-order valence-electron chi connectivity index (χ1n) is 5.67. The molecule has 0 aromatic heterocycles. The Morgan fingerprint density at radius 1 is 1.53 bits per heavy atom. The quantitative estimate of drug-likeness (QED) is 0.824. The van der Waals surface area contributed by atoms with Crippen LogP contribution >= 0.6 is 11.6 Å². The van der Waals surface area contributed by atoms with Gasteiger partial charge in [-0.1, -0.05) is 6.07 Å². The molecule has 1 fully saturated rings. The van der Waals surface area contributed by atoms with Crippen molar-refractivity contribution in [2.45, 2.75) is 19.8 Å². The third kappa shape index (κ3) is 2.78. The summed E-state index contributed by atoms with van der Waals surface area (Å²) in [5, 5.41) is 2.83. The highest BCUT2D eigenvalue weighted by Crippen LogP contribution is 2.45. The van der Waals surface area contributed by atoms with Crippen molar-refractivity contribution in [2.24, 2.45) is 5.41 Å². The van der Waals surface area contributed by atoms with Gasteiger partial charge in [0.2, 0.25) is 0 Å². The molecule has 2 rings (SSSR count). The molecule has 4 heteroatoms. The number of carbonyl (C=O) groups excluding carboxylic acids is 1. The van der Waals surface area contributed by atoms with Gasteiger partial charge in [0.15, 0.2) is 0 Å². The molecule has 0 radical (unpaired) electrons. The summed E-state index contributed by atoms with van der Waals surface area (Å²) in [4.78, 5) is 11.9. The van der Waals surface area contributed by atoms with Gasteiger partial charge in [0.25, 0.3) is 5.91 Å². The third-order valence-electron chi connectivity index (χ3n) is 3.31. The lowest BCUT2D eigenvalue weighted by molar-refractivity contribution is 0.0945. The Balaban J connectivity index is 2.02. The largest absolute Gasteiger partial charge is 0.351 e. The molecular weight excluding hydrogens is 241 g/mol. The van der Waals surface area contributed by atoms with E-state index in [1.807, 2.05) is 0 Å². The molecule has 0 unspecified atom stereocenters. The fourth-order valence-corrected chi connectivity index (χ4v) is 2.10. The zero-order valence-electron chi connectivity index (χ0n) is 9.72. The second-order valence-corrected chi connectivity index (χ2v) is 5.04. The van der Waals surface area contributed by atoms with Crippen molar-refractivity contribution < 1.29 is 9.18 Å². The van der Waals surface area contributed by atoms with Gasteiger partial charge in [0.1, 0.15) is 5.82 Å². The van der Waals surface area contributed by atoms with Crippen molar-refractivity contribution in [1.82, 2.24) is 5.32 Å². The normalized spacial score (nSPS) is 16.6. The molecule has 0 spiro atoms. The molecule has 17 heavy (non-hydrogen) atoms. The van der Waals surface area contributed by atoms with E-state index in [-0.39, 0.29) is 17.1 Å². The Bertz CT molecular complexity index is 443. The number of halogens is 2. The second-order valence-electron chi connectivity index (χ2n) is 4.78. The first-order valence-corrected chi connectivity index (χ1v) is 6.20. The van der Waals surface area contributed by atoms with E-state index in [0.29, 0.717) is 18.0 Å². The zero-order valence-corrected chi connectivity index (χ0v) is 10.5. The van der Waals surface area contributed by atoms with Crippen molar-refractivity contribution in [3.63, 3.8) is 0 Å². The highest BCUT2D eigenvalue weighted by atomic mass is 35.5. The molecule has 1 aromatic rings. The van der Waals surface area contributed by atoms with Gasteiger partial charge in [-0.2, -0.15) is 0 Å². The minimum absolute atomic E-state index is 0.0818. The Labute approximate surface area is 105 Å². The number of aryl methyl sites for hydroxylation is 1. The van der Waals surface area contributed by atoms with Crippen LogP contribution in [0, 0.1) is 18.2 Å². The van der Waals surface area contributed by atoms with Gasteiger partial charge < -0.3 is 5.32 Å². The molecule has 2 nitrogen and oxygen atoms in total. The topological polar surface area (TPSA) is 29.1 Å². The van der Waals surface area contributed by atoms with Gasteiger partial charge >= 0.3 is 0 Å². The highest BCUT2D eigenvalue weighted by molar-refractivity contribution is 6.18. The summed E-state index contributed by atoms with van der Waals surface area (Å²) in [6, 6.07) is 4.23. The maximum atomic E-state index is 13.1. The SMILES string of the molecule is Cc1ccc(F)cc1C(=O)NCC1(CCl)CC1. The van der Waals surface area contributed by atoms with Crippen molar-refractivity contribution >= 4 is 17.5 Å². The summed E-state index contributed by atoms with van der Waals surface area (Å²) in [5.74, 6) is -0.0484. The van der Waals surface area contributed by atoms with Gasteiger partial charge in [0.05, 0.1) is 0 Å². The fraction of sp³-hybridized carbons (Fsp3) is 0.462. The molecule has 1 aromatic carbocycles. The Morgan fingerprint density at radius 2 is 2.24 bits per heavy atom. The van der Waals surface area contributed by atoms with Crippen LogP contribution in [0.5, 0.6) is 0 Å². The minimum Gasteiger partial charge on any atom is -0.351 e. The van der Waals surface area contributed by atoms with Crippen LogP contribution in [0.4, 0.5) is 4.39 Å². The second kappa shape index (κ2) is 4.65. The molecule has 1 amide bonds. The van der Waals surface area contributed by atoms with Crippen LogP contribution in [0.1, 0.15) is 28.8 Å². The number of carbonyl (C=O) groups is 1. The molecule has 0 bridgehead atoms. The average molecular weight is 256 g/mol. The molecular formula is C13H15ClFNO. The summed E-state index contributed by atoms with van der Waals surface area (Å²) < 4.78 is 13.1. The van der Waals surface area contributed by atoms with E-state index in [2.05, 4.69) is 5.32 Å². The average Bonchev–Trinajstić information content (AvgIpc) is 3.10. The number of rotatable bonds is 4. The lowest BCUT2D eigenvalue weighted by atomic mass is 10.1. The molecule has 0 heterocycles. The van der Waals surface area contributed by atoms with Crippen LogP contribution < -0.4 is 5.32 Å². The van der Waals surface area contributed by atoms with Crippen molar-refractivity contribution in [1.29, 1.82) is 0 Å². The molecule has 1 aliphatic rings. The van der Waals surface area contributed by atoms with Crippen LogP contribution in [-0.2, 0) is 0 Å². The summed E-state index contributed by atoms with van der Waals surface area (Å²) >= 11 is 5.83. The first kappa shape index (κ1) is 12.4. The lowest BCUT2D eigenvalue weighted by Crippen LogP contribution is -2.31. The van der Waals surface area contributed by atoms with Crippen LogP contribution in [0.15, 0.2) is 18.2 Å². The molecule has 1 saturated carbocycles. The predicted molar refractivity (Wildman–Crippen MR) is 65.9 cm³/mol. The van der Waals surface area contributed by atoms with Gasteiger partial charge in [-0.05, 0) is 37.5 Å². The first-order chi connectivity index (χ1) is 8.06. The Kier molecular flexibility index (Phi) is 3.38. The maximum absolute atomic E-state index is 13.1. The molecule has 1 N–H and O–H groups in total. The van der Waals surface area contributed by atoms with Crippen molar-refractivity contribution in [3.05, 3.63) is 35.1 Å². The van der Waals surface area contributed by atoms with Gasteiger partial charge in [-0.3, -0.25) is 4.79 Å². The minimum atomic E-state index is -0.390. The van der Waals surface area contributed by atoms with Crippen LogP contribution in [0.2, 0.25) is 0 Å². The maximum Gasteiger partial charge on any atom is 0.251 e. The van der Waals surface area contributed by atoms with E-state index in [4.69, 9.17) is 11.6 Å². The van der Waals surface area contributed by atoms with Crippen LogP contribution in [0.25, 0.3) is 0 Å². The number of nitrogens with one attached hydrogen (secondary N) is 1. The molecule has 92 valence electrons. The van der Waals surface area contributed by atoms with Crippen molar-refractivity contribution in [3.8, 4) is 0 Å². The smallest absolute Gasteiger partial charge is 0.251 e. The molecule has 0 atom stereocenters. The summed E-state index contributed by atoms with van der Waals surface area (Å²) in [7, 11) is 0. The summed E-state index contributed by atoms with van der Waals surface area (Å²) in [5.41, 5.74) is 1.26. The predicted octanol–water partition coefficient (Wildman–Crippen LogP) is 2.88. The van der Waals surface area contributed by atoms with E-state index in [1.54, 1.807) is 13.0 Å². The Hall–Kier alpha value is -1.09. The van der Waals surface area contributed by atoms with E-state index in [1.165, 1.54) is 12.1 Å². The molecule has 0 aliphatic heterocycles. The van der Waals surface area contributed by atoms with E-state index >= 15 is 0 Å². The lowest BCUT2D eigenvalue weighted by Gasteiger charge is -2.13. The van der Waals surface area contributed by atoms with Crippen LogP contribution in [-0.4, -0.2) is 18.3 Å². The number of hydrogen-bond donors (Lipinski definition) is 1.